The van der Waals surface area contributed by atoms with Gasteiger partial charge in [0.05, 0.1) is 28.4 Å². The van der Waals surface area contributed by atoms with Gasteiger partial charge < -0.3 is 4.84 Å². The highest BCUT2D eigenvalue weighted by molar-refractivity contribution is 6.35. The largest absolute Gasteiger partial charge is 0.378 e. The van der Waals surface area contributed by atoms with Gasteiger partial charge in [0.15, 0.2) is 0 Å². The fraction of sp³-hybridized carbons (Fsp3) is 0.167. The van der Waals surface area contributed by atoms with Gasteiger partial charge >= 0.3 is 0 Å². The quantitative estimate of drug-likeness (QED) is 0.726. The normalized spacial score (nSPS) is 22.1. The number of hydrogen-bond acceptors (Lipinski definition) is 4. The molecule has 2 aromatic carbocycles. The average molecular weight is 393 g/mol. The van der Waals surface area contributed by atoms with E-state index in [9.17, 15) is 14.0 Å². The molecule has 5 nitrogen and oxygen atoms in total. The Hall–Kier alpha value is -2.44. The molecule has 2 aliphatic heterocycles. The molecule has 2 aromatic rings. The van der Waals surface area contributed by atoms with Gasteiger partial charge in [0.25, 0.3) is 5.91 Å². The zero-order chi connectivity index (χ0) is 18.5. The van der Waals surface area contributed by atoms with Crippen LogP contribution in [0.1, 0.15) is 18.4 Å². The van der Waals surface area contributed by atoms with Crippen LogP contribution < -0.4 is 4.90 Å². The van der Waals surface area contributed by atoms with Crippen LogP contribution in [0, 0.1) is 5.82 Å². The second-order valence-electron chi connectivity index (χ2n) is 6.08. The summed E-state index contributed by atoms with van der Waals surface area (Å²) in [5.41, 5.74) is -0.803. The van der Waals surface area contributed by atoms with E-state index < -0.39 is 23.2 Å². The lowest BCUT2D eigenvalue weighted by Crippen LogP contribution is -2.40. The van der Waals surface area contributed by atoms with E-state index in [0.717, 1.165) is 4.90 Å². The lowest BCUT2D eigenvalue weighted by atomic mass is 9.92. The fourth-order valence-corrected chi connectivity index (χ4v) is 3.56. The number of hydrogen-bond donors (Lipinski definition) is 0. The van der Waals surface area contributed by atoms with Gasteiger partial charge in [-0.15, -0.1) is 0 Å². The maximum absolute atomic E-state index is 14.1. The molecule has 0 N–H and O–H groups in total. The molecule has 2 heterocycles. The van der Waals surface area contributed by atoms with E-state index >= 15 is 0 Å². The molecule has 1 saturated heterocycles. The number of oxime groups is 1. The predicted molar refractivity (Wildman–Crippen MR) is 94.9 cm³/mol. The van der Waals surface area contributed by atoms with E-state index in [-0.39, 0.29) is 29.1 Å². The lowest BCUT2D eigenvalue weighted by Gasteiger charge is -2.19. The Labute approximate surface area is 157 Å². The number of nitrogens with zero attached hydrogens (tertiary/aromatic N) is 2. The van der Waals surface area contributed by atoms with Crippen molar-refractivity contribution in [2.24, 2.45) is 5.16 Å². The number of anilines is 1. The van der Waals surface area contributed by atoms with Crippen molar-refractivity contribution >= 4 is 46.4 Å². The number of halogens is 3. The van der Waals surface area contributed by atoms with Crippen molar-refractivity contribution in [1.82, 2.24) is 0 Å². The van der Waals surface area contributed by atoms with Crippen LogP contribution in [0.25, 0.3) is 0 Å². The van der Waals surface area contributed by atoms with Crippen molar-refractivity contribution in [1.29, 1.82) is 0 Å². The van der Waals surface area contributed by atoms with Crippen LogP contribution in [0.15, 0.2) is 47.6 Å². The molecule has 4 rings (SSSR count). The molecule has 2 amide bonds. The Morgan fingerprint density at radius 2 is 1.81 bits per heavy atom. The van der Waals surface area contributed by atoms with E-state index in [1.54, 1.807) is 24.3 Å². The maximum Gasteiger partial charge on any atom is 0.281 e. The SMILES string of the molecule is O=C1C[C@]2(CC(c3c(F)cccc3Cl)=NO2)C(=O)N1c1ccc(Cl)cc1. The van der Waals surface area contributed by atoms with Crippen LogP contribution >= 0.6 is 23.2 Å². The summed E-state index contributed by atoms with van der Waals surface area (Å²) in [6.07, 6.45) is -0.226. The summed E-state index contributed by atoms with van der Waals surface area (Å²) in [4.78, 5) is 31.8. The highest BCUT2D eigenvalue weighted by atomic mass is 35.5. The topological polar surface area (TPSA) is 59.0 Å². The first-order valence-corrected chi connectivity index (χ1v) is 8.49. The number of carbonyl (C=O) groups is 2. The molecule has 1 atom stereocenters. The number of rotatable bonds is 2. The van der Waals surface area contributed by atoms with Gasteiger partial charge in [-0.25, -0.2) is 9.29 Å². The minimum absolute atomic E-state index is 0.0394. The van der Waals surface area contributed by atoms with Gasteiger partial charge in [0.1, 0.15) is 5.82 Å². The van der Waals surface area contributed by atoms with Gasteiger partial charge in [-0.2, -0.15) is 0 Å². The molecule has 0 aromatic heterocycles. The highest BCUT2D eigenvalue weighted by Crippen LogP contribution is 2.40. The number of imide groups is 1. The highest BCUT2D eigenvalue weighted by Gasteiger charge is 2.58. The third-order valence-corrected chi connectivity index (χ3v) is 4.97. The van der Waals surface area contributed by atoms with Crippen molar-refractivity contribution in [2.45, 2.75) is 18.4 Å². The fourth-order valence-electron chi connectivity index (χ4n) is 3.16. The maximum atomic E-state index is 14.1. The molecule has 0 aliphatic carbocycles. The van der Waals surface area contributed by atoms with Crippen molar-refractivity contribution in [3.8, 4) is 0 Å². The van der Waals surface area contributed by atoms with Crippen LogP contribution in [0.5, 0.6) is 0 Å². The van der Waals surface area contributed by atoms with Crippen molar-refractivity contribution in [3.63, 3.8) is 0 Å². The number of benzene rings is 2. The molecule has 0 radical (unpaired) electrons. The van der Waals surface area contributed by atoms with E-state index in [1.807, 2.05) is 0 Å². The zero-order valence-corrected chi connectivity index (χ0v) is 14.7. The first-order chi connectivity index (χ1) is 12.4. The van der Waals surface area contributed by atoms with E-state index in [4.69, 9.17) is 28.0 Å². The predicted octanol–water partition coefficient (Wildman–Crippen LogP) is 3.96. The molecule has 0 unspecified atom stereocenters. The molecule has 2 aliphatic rings. The summed E-state index contributed by atoms with van der Waals surface area (Å²) in [6.45, 7) is 0. The second-order valence-corrected chi connectivity index (χ2v) is 6.93. The molecule has 1 spiro atoms. The monoisotopic (exact) mass is 392 g/mol. The van der Waals surface area contributed by atoms with Gasteiger partial charge in [0.2, 0.25) is 11.5 Å². The number of carbonyl (C=O) groups excluding carboxylic acids is 2. The van der Waals surface area contributed by atoms with Crippen LogP contribution in [0.4, 0.5) is 10.1 Å². The Morgan fingerprint density at radius 1 is 1.08 bits per heavy atom. The summed E-state index contributed by atoms with van der Waals surface area (Å²) < 4.78 is 14.1. The smallest absolute Gasteiger partial charge is 0.281 e. The summed E-state index contributed by atoms with van der Waals surface area (Å²) in [5.74, 6) is -1.53. The zero-order valence-electron chi connectivity index (χ0n) is 13.2. The Morgan fingerprint density at radius 3 is 2.50 bits per heavy atom. The van der Waals surface area contributed by atoms with Crippen LogP contribution in [0.2, 0.25) is 10.0 Å². The molecule has 0 bridgehead atoms. The average Bonchev–Trinajstić information content (AvgIpc) is 3.11. The van der Waals surface area contributed by atoms with Gasteiger partial charge in [-0.05, 0) is 36.4 Å². The Bertz CT molecular complexity index is 941. The third kappa shape index (κ3) is 2.57. The first-order valence-electron chi connectivity index (χ1n) is 7.74. The summed E-state index contributed by atoms with van der Waals surface area (Å²) in [5, 5.41) is 4.51. The Kier molecular flexibility index (Phi) is 3.97. The van der Waals surface area contributed by atoms with Gasteiger partial charge in [0, 0.05) is 11.4 Å². The minimum Gasteiger partial charge on any atom is -0.378 e. The molecular weight excluding hydrogens is 382 g/mol. The van der Waals surface area contributed by atoms with E-state index in [2.05, 4.69) is 5.16 Å². The van der Waals surface area contributed by atoms with Gasteiger partial charge in [-0.3, -0.25) is 9.59 Å². The van der Waals surface area contributed by atoms with Crippen molar-refractivity contribution in [3.05, 3.63) is 63.9 Å². The van der Waals surface area contributed by atoms with Crippen LogP contribution in [0.3, 0.4) is 0 Å². The van der Waals surface area contributed by atoms with E-state index in [1.165, 1.54) is 18.2 Å². The molecule has 8 heteroatoms. The lowest BCUT2D eigenvalue weighted by molar-refractivity contribution is -0.136. The van der Waals surface area contributed by atoms with Crippen LogP contribution in [-0.2, 0) is 14.4 Å². The standard InChI is InChI=1S/C18H11Cl2FN2O3/c19-10-4-6-11(7-5-10)23-15(24)9-18(17(23)25)8-14(22-26-18)16-12(20)2-1-3-13(16)21/h1-7H,8-9H2/t18-/m1/s1. The van der Waals surface area contributed by atoms with Crippen LogP contribution in [-0.4, -0.2) is 23.1 Å². The summed E-state index contributed by atoms with van der Waals surface area (Å²) >= 11 is 11.9. The van der Waals surface area contributed by atoms with E-state index in [0.29, 0.717) is 10.7 Å². The summed E-state index contributed by atoms with van der Waals surface area (Å²) in [7, 11) is 0. The van der Waals surface area contributed by atoms with Crippen molar-refractivity contribution < 1.29 is 18.8 Å². The second kappa shape index (κ2) is 6.07. The summed E-state index contributed by atoms with van der Waals surface area (Å²) in [6, 6.07) is 10.5. The molecule has 26 heavy (non-hydrogen) atoms. The number of amides is 2. The third-order valence-electron chi connectivity index (χ3n) is 4.40. The molecule has 1 fully saturated rings. The van der Waals surface area contributed by atoms with Crippen molar-refractivity contribution in [2.75, 3.05) is 4.90 Å². The molecule has 132 valence electrons. The minimum atomic E-state index is -1.47. The van der Waals surface area contributed by atoms with Gasteiger partial charge in [-0.1, -0.05) is 34.4 Å². The molecule has 0 saturated carbocycles. The first kappa shape index (κ1) is 17.0. The Balaban J connectivity index is 1.65. The molecular formula is C18H11Cl2FN2O3.